The molecule has 0 saturated heterocycles. The fraction of sp³-hybridized carbons (Fsp3) is 0.200. The minimum absolute atomic E-state index is 0.161. The molecule has 26 heavy (non-hydrogen) atoms. The van der Waals surface area contributed by atoms with Crippen LogP contribution in [0.4, 0.5) is 0 Å². The number of hydrogen-bond donors (Lipinski definition) is 1. The van der Waals surface area contributed by atoms with E-state index in [1.165, 1.54) is 16.3 Å². The molecule has 1 amide bonds. The number of aryl methyl sites for hydroxylation is 1. The molecule has 0 unspecified atom stereocenters. The van der Waals surface area contributed by atoms with E-state index in [1.807, 2.05) is 42.7 Å². The van der Waals surface area contributed by atoms with Crippen LogP contribution in [-0.2, 0) is 20.1 Å². The first-order chi connectivity index (χ1) is 12.5. The molecule has 0 radical (unpaired) electrons. The maximum absolute atomic E-state index is 13.1. The van der Waals surface area contributed by atoms with E-state index in [2.05, 4.69) is 0 Å². The van der Waals surface area contributed by atoms with Crippen molar-refractivity contribution in [3.63, 3.8) is 0 Å². The van der Waals surface area contributed by atoms with E-state index in [4.69, 9.17) is 0 Å². The molecule has 2 heterocycles. The van der Waals surface area contributed by atoms with Gasteiger partial charge in [0.05, 0.1) is 5.52 Å². The lowest BCUT2D eigenvalue weighted by Gasteiger charge is -2.18. The molecule has 4 rings (SSSR count). The first kappa shape index (κ1) is 16.7. The molecule has 6 heteroatoms. The van der Waals surface area contributed by atoms with Crippen LogP contribution in [0.5, 0.6) is 5.75 Å². The van der Waals surface area contributed by atoms with Gasteiger partial charge in [-0.2, -0.15) is 0 Å². The van der Waals surface area contributed by atoms with Crippen LogP contribution in [0.25, 0.3) is 10.9 Å². The van der Waals surface area contributed by atoms with Gasteiger partial charge in [-0.1, -0.05) is 24.3 Å². The van der Waals surface area contributed by atoms with Gasteiger partial charge < -0.3 is 14.6 Å². The van der Waals surface area contributed by atoms with E-state index in [9.17, 15) is 14.7 Å². The number of rotatable bonds is 2. The van der Waals surface area contributed by atoms with Crippen molar-refractivity contribution in [2.45, 2.75) is 18.0 Å². The Morgan fingerprint density at radius 2 is 1.77 bits per heavy atom. The van der Waals surface area contributed by atoms with Crippen LogP contribution in [0.3, 0.4) is 0 Å². The highest BCUT2D eigenvalue weighted by atomic mass is 32.2. The van der Waals surface area contributed by atoms with Crippen LogP contribution in [0.15, 0.2) is 52.2 Å². The molecule has 0 spiro atoms. The molecule has 0 atom stereocenters. The number of carbonyl (C=O) groups is 1. The summed E-state index contributed by atoms with van der Waals surface area (Å²) in [6.07, 6.45) is 1.94. The highest BCUT2D eigenvalue weighted by Gasteiger charge is 2.29. The number of aromatic hydroxyl groups is 1. The minimum Gasteiger partial charge on any atom is -0.506 e. The Morgan fingerprint density at radius 1 is 1.12 bits per heavy atom. The van der Waals surface area contributed by atoms with Crippen molar-refractivity contribution in [2.24, 2.45) is 7.05 Å². The van der Waals surface area contributed by atoms with Crippen molar-refractivity contribution < 1.29 is 9.90 Å². The zero-order valence-electron chi connectivity index (χ0n) is 14.5. The third kappa shape index (κ3) is 2.49. The summed E-state index contributed by atoms with van der Waals surface area (Å²) in [5, 5.41) is 11.3. The van der Waals surface area contributed by atoms with E-state index in [-0.39, 0.29) is 11.3 Å². The van der Waals surface area contributed by atoms with Gasteiger partial charge in [0.25, 0.3) is 11.5 Å². The standard InChI is InChI=1S/C20H18N2O3S/c1-21-16-8-7-14(26-2)9-15(16)18(23)17(19(21)24)20(25)22-10-12-5-3-4-6-13(12)11-22/h3-9,23H,10-11H2,1-2H3. The number of carbonyl (C=O) groups excluding carboxylic acids is 1. The molecule has 1 aliphatic rings. The summed E-state index contributed by atoms with van der Waals surface area (Å²) < 4.78 is 1.43. The van der Waals surface area contributed by atoms with Gasteiger partial charge in [-0.05, 0) is 35.6 Å². The average molecular weight is 366 g/mol. The Morgan fingerprint density at radius 3 is 2.38 bits per heavy atom. The third-order valence-corrected chi connectivity index (χ3v) is 5.64. The Balaban J connectivity index is 1.84. The van der Waals surface area contributed by atoms with Gasteiger partial charge in [-0.25, -0.2) is 0 Å². The van der Waals surface area contributed by atoms with Crippen molar-refractivity contribution in [3.8, 4) is 5.75 Å². The Hall–Kier alpha value is -2.73. The lowest BCUT2D eigenvalue weighted by Crippen LogP contribution is -2.33. The summed E-state index contributed by atoms with van der Waals surface area (Å²) in [6, 6.07) is 13.3. The first-order valence-corrected chi connectivity index (χ1v) is 9.49. The number of fused-ring (bicyclic) bond motifs is 2. The van der Waals surface area contributed by atoms with Crippen molar-refractivity contribution in [1.29, 1.82) is 0 Å². The molecule has 0 saturated carbocycles. The number of nitrogens with zero attached hydrogens (tertiary/aromatic N) is 2. The van der Waals surface area contributed by atoms with Gasteiger partial charge in [-0.15, -0.1) is 11.8 Å². The molecule has 1 aliphatic heterocycles. The molecular weight excluding hydrogens is 348 g/mol. The monoisotopic (exact) mass is 366 g/mol. The number of amides is 1. The molecule has 3 aromatic rings. The van der Waals surface area contributed by atoms with Gasteiger partial charge in [0, 0.05) is 30.4 Å². The second kappa shape index (κ2) is 6.21. The lowest BCUT2D eigenvalue weighted by molar-refractivity contribution is 0.0746. The number of aromatic nitrogens is 1. The van der Waals surface area contributed by atoms with Crippen molar-refractivity contribution in [2.75, 3.05) is 6.26 Å². The summed E-state index contributed by atoms with van der Waals surface area (Å²) in [4.78, 5) is 28.4. The number of thioether (sulfide) groups is 1. The lowest BCUT2D eigenvalue weighted by atomic mass is 10.1. The fourth-order valence-corrected chi connectivity index (χ4v) is 3.90. The minimum atomic E-state index is -0.479. The molecular formula is C20H18N2O3S. The van der Waals surface area contributed by atoms with E-state index < -0.39 is 11.5 Å². The van der Waals surface area contributed by atoms with E-state index >= 15 is 0 Å². The maximum Gasteiger partial charge on any atom is 0.267 e. The Bertz CT molecular complexity index is 1080. The largest absolute Gasteiger partial charge is 0.506 e. The summed E-state index contributed by atoms with van der Waals surface area (Å²) in [5.41, 5.74) is 2.11. The highest BCUT2D eigenvalue weighted by molar-refractivity contribution is 7.98. The Kier molecular flexibility index (Phi) is 4.00. The summed E-state index contributed by atoms with van der Waals surface area (Å²) in [6.45, 7) is 0.890. The average Bonchev–Trinajstić information content (AvgIpc) is 3.10. The maximum atomic E-state index is 13.1. The Labute approximate surface area is 154 Å². The van der Waals surface area contributed by atoms with Gasteiger partial charge >= 0.3 is 0 Å². The van der Waals surface area contributed by atoms with Crippen LogP contribution in [0.1, 0.15) is 21.5 Å². The van der Waals surface area contributed by atoms with Crippen LogP contribution in [-0.4, -0.2) is 26.7 Å². The SMILES string of the molecule is CSc1ccc2c(c1)c(O)c(C(=O)N1Cc3ccccc3C1)c(=O)n2C. The predicted octanol–water partition coefficient (Wildman–Crippen LogP) is 3.12. The summed E-state index contributed by atoms with van der Waals surface area (Å²) in [5.74, 6) is -0.671. The second-order valence-electron chi connectivity index (χ2n) is 6.40. The molecule has 2 aromatic carbocycles. The summed E-state index contributed by atoms with van der Waals surface area (Å²) >= 11 is 1.54. The van der Waals surface area contributed by atoms with E-state index in [1.54, 1.807) is 18.0 Å². The van der Waals surface area contributed by atoms with Crippen LogP contribution in [0, 0.1) is 0 Å². The highest BCUT2D eigenvalue weighted by Crippen LogP contribution is 2.32. The molecule has 0 aliphatic carbocycles. The molecule has 0 fully saturated rings. The fourth-order valence-electron chi connectivity index (χ4n) is 3.46. The molecule has 0 bridgehead atoms. The second-order valence-corrected chi connectivity index (χ2v) is 7.28. The normalized spacial score (nSPS) is 13.2. The van der Waals surface area contributed by atoms with E-state index in [0.29, 0.717) is 24.0 Å². The van der Waals surface area contributed by atoms with Crippen molar-refractivity contribution in [3.05, 3.63) is 69.5 Å². The van der Waals surface area contributed by atoms with Gasteiger partial charge in [0.1, 0.15) is 11.3 Å². The zero-order chi connectivity index (χ0) is 18.4. The number of pyridine rings is 1. The molecule has 132 valence electrons. The first-order valence-electron chi connectivity index (χ1n) is 8.27. The molecule has 5 nitrogen and oxygen atoms in total. The quantitative estimate of drug-likeness (QED) is 0.708. The van der Waals surface area contributed by atoms with Gasteiger partial charge in [0.2, 0.25) is 0 Å². The topological polar surface area (TPSA) is 62.5 Å². The predicted molar refractivity (Wildman–Crippen MR) is 103 cm³/mol. The van der Waals surface area contributed by atoms with Crippen LogP contribution >= 0.6 is 11.8 Å². The smallest absolute Gasteiger partial charge is 0.267 e. The zero-order valence-corrected chi connectivity index (χ0v) is 15.3. The van der Waals surface area contributed by atoms with E-state index in [0.717, 1.165) is 16.0 Å². The van der Waals surface area contributed by atoms with Gasteiger partial charge in [-0.3, -0.25) is 9.59 Å². The van der Waals surface area contributed by atoms with Crippen LogP contribution < -0.4 is 5.56 Å². The van der Waals surface area contributed by atoms with Crippen molar-refractivity contribution >= 4 is 28.6 Å². The van der Waals surface area contributed by atoms with Gasteiger partial charge in [0.15, 0.2) is 0 Å². The van der Waals surface area contributed by atoms with Crippen LogP contribution in [0.2, 0.25) is 0 Å². The molecule has 1 N–H and O–H groups in total. The number of benzene rings is 2. The number of hydrogen-bond acceptors (Lipinski definition) is 4. The molecule has 1 aromatic heterocycles. The summed E-state index contributed by atoms with van der Waals surface area (Å²) in [7, 11) is 1.62. The van der Waals surface area contributed by atoms with Crippen molar-refractivity contribution in [1.82, 2.24) is 9.47 Å². The third-order valence-electron chi connectivity index (χ3n) is 4.92.